The molecule has 0 aliphatic carbocycles. The van der Waals surface area contributed by atoms with E-state index in [0.29, 0.717) is 0 Å². The van der Waals surface area contributed by atoms with Crippen LogP contribution in [0.15, 0.2) is 17.3 Å². The lowest BCUT2D eigenvalue weighted by molar-refractivity contribution is 0.547. The third-order valence-corrected chi connectivity index (χ3v) is 3.51. The Bertz CT molecular complexity index is 244. The van der Waals surface area contributed by atoms with Gasteiger partial charge in [-0.2, -0.15) is 5.10 Å². The highest BCUT2D eigenvalue weighted by molar-refractivity contribution is 5.96. The molecule has 0 atom stereocenters. The smallest absolute Gasteiger partial charge is 0.0595 e. The summed E-state index contributed by atoms with van der Waals surface area (Å²) in [4.78, 5) is 0. The summed E-state index contributed by atoms with van der Waals surface area (Å²) in [5.74, 6) is 0. The molecule has 0 aromatic carbocycles. The molecule has 0 saturated heterocycles. The second-order valence-corrected chi connectivity index (χ2v) is 5.57. The number of rotatable bonds is 13. The predicted molar refractivity (Wildman–Crippen MR) is 87.8 cm³/mol. The van der Waals surface area contributed by atoms with Gasteiger partial charge in [0.05, 0.1) is 5.71 Å². The summed E-state index contributed by atoms with van der Waals surface area (Å²) >= 11 is 0. The van der Waals surface area contributed by atoms with Crippen LogP contribution in [0.25, 0.3) is 0 Å². The third-order valence-electron chi connectivity index (χ3n) is 3.51. The first-order chi connectivity index (χ1) is 9.18. The molecule has 0 rings (SSSR count). The van der Waals surface area contributed by atoms with E-state index in [-0.39, 0.29) is 0 Å². The Balaban J connectivity index is 3.15. The molecule has 0 aromatic heterocycles. The van der Waals surface area contributed by atoms with Gasteiger partial charge in [-0.15, -0.1) is 0 Å². The Labute approximate surface area is 120 Å². The number of hydrogen-bond donors (Lipinski definition) is 1. The molecule has 0 bridgehead atoms. The average Bonchev–Trinajstić information content (AvgIpc) is 2.39. The first-order valence-corrected chi connectivity index (χ1v) is 8.11. The molecule has 0 spiro atoms. The monoisotopic (exact) mass is 266 g/mol. The van der Waals surface area contributed by atoms with Gasteiger partial charge in [-0.05, 0) is 25.8 Å². The molecular formula is C17H34N2. The van der Waals surface area contributed by atoms with Crippen LogP contribution in [0.1, 0.15) is 85.0 Å². The van der Waals surface area contributed by atoms with Crippen molar-refractivity contribution in [3.8, 4) is 0 Å². The zero-order valence-electron chi connectivity index (χ0n) is 13.4. The van der Waals surface area contributed by atoms with Gasteiger partial charge in [0, 0.05) is 6.54 Å². The van der Waals surface area contributed by atoms with Crippen molar-refractivity contribution < 1.29 is 0 Å². The van der Waals surface area contributed by atoms with Crippen LogP contribution in [-0.2, 0) is 0 Å². The Morgan fingerprint density at radius 3 is 1.79 bits per heavy atom. The molecule has 0 saturated carbocycles. The second kappa shape index (κ2) is 13.6. The van der Waals surface area contributed by atoms with Crippen molar-refractivity contribution in [2.24, 2.45) is 5.10 Å². The molecule has 2 heteroatoms. The van der Waals surface area contributed by atoms with Gasteiger partial charge >= 0.3 is 0 Å². The highest BCUT2D eigenvalue weighted by Crippen LogP contribution is 2.10. The van der Waals surface area contributed by atoms with Crippen LogP contribution in [0.3, 0.4) is 0 Å². The quantitative estimate of drug-likeness (QED) is 0.267. The molecule has 0 amide bonds. The first kappa shape index (κ1) is 18.2. The number of hydrazone groups is 1. The Morgan fingerprint density at radius 1 is 0.842 bits per heavy atom. The molecule has 0 aliphatic rings. The van der Waals surface area contributed by atoms with E-state index in [0.717, 1.165) is 17.8 Å². The summed E-state index contributed by atoms with van der Waals surface area (Å²) in [6.45, 7) is 11.1. The van der Waals surface area contributed by atoms with Gasteiger partial charge in [-0.3, -0.25) is 0 Å². The van der Waals surface area contributed by atoms with E-state index in [1.54, 1.807) is 0 Å². The number of nitrogens with one attached hydrogen (secondary N) is 1. The van der Waals surface area contributed by atoms with Crippen molar-refractivity contribution in [2.45, 2.75) is 85.0 Å². The maximum absolute atomic E-state index is 4.27. The van der Waals surface area contributed by atoms with Gasteiger partial charge in [0.15, 0.2) is 0 Å². The van der Waals surface area contributed by atoms with E-state index in [4.69, 9.17) is 0 Å². The zero-order valence-corrected chi connectivity index (χ0v) is 13.4. The Kier molecular flexibility index (Phi) is 13.1. The van der Waals surface area contributed by atoms with E-state index < -0.39 is 0 Å². The lowest BCUT2D eigenvalue weighted by atomic mass is 10.1. The molecule has 0 radical (unpaired) electrons. The second-order valence-electron chi connectivity index (χ2n) is 5.57. The molecule has 19 heavy (non-hydrogen) atoms. The maximum atomic E-state index is 4.27. The van der Waals surface area contributed by atoms with Crippen molar-refractivity contribution in [1.29, 1.82) is 0 Å². The van der Waals surface area contributed by atoms with Gasteiger partial charge in [0.1, 0.15) is 0 Å². The molecule has 0 aromatic rings. The summed E-state index contributed by atoms with van der Waals surface area (Å²) in [5, 5.41) is 4.27. The molecule has 0 fully saturated rings. The number of hydrogen-bond acceptors (Lipinski definition) is 2. The van der Waals surface area contributed by atoms with Gasteiger partial charge in [-0.25, -0.2) is 0 Å². The van der Waals surface area contributed by atoms with E-state index in [1.165, 1.54) is 64.2 Å². The van der Waals surface area contributed by atoms with Crippen LogP contribution in [0.4, 0.5) is 0 Å². The van der Waals surface area contributed by atoms with Crippen LogP contribution in [-0.4, -0.2) is 12.3 Å². The number of unbranched alkanes of at least 4 members (excludes halogenated alkanes) is 9. The summed E-state index contributed by atoms with van der Waals surface area (Å²) in [5.41, 5.74) is 5.16. The Morgan fingerprint density at radius 2 is 1.32 bits per heavy atom. The highest BCUT2D eigenvalue weighted by Gasteiger charge is 1.93. The fraction of sp³-hybridized carbons (Fsp3) is 0.824. The molecule has 2 nitrogen and oxygen atoms in total. The summed E-state index contributed by atoms with van der Waals surface area (Å²) in [6.07, 6.45) is 13.8. The maximum Gasteiger partial charge on any atom is 0.0595 e. The lowest BCUT2D eigenvalue weighted by Gasteiger charge is -2.04. The fourth-order valence-corrected chi connectivity index (χ4v) is 1.96. The van der Waals surface area contributed by atoms with Crippen molar-refractivity contribution in [3.63, 3.8) is 0 Å². The number of allylic oxidation sites excluding steroid dienone is 1. The molecule has 0 unspecified atom stereocenters. The summed E-state index contributed by atoms with van der Waals surface area (Å²) in [7, 11) is 0. The van der Waals surface area contributed by atoms with E-state index >= 15 is 0 Å². The van der Waals surface area contributed by atoms with Crippen LogP contribution >= 0.6 is 0 Å². The average molecular weight is 266 g/mol. The molecule has 1 N–H and O–H groups in total. The predicted octanol–water partition coefficient (Wildman–Crippen LogP) is 5.45. The minimum atomic E-state index is 0.987. The van der Waals surface area contributed by atoms with Crippen LogP contribution in [0.5, 0.6) is 0 Å². The largest absolute Gasteiger partial charge is 0.310 e. The third kappa shape index (κ3) is 13.4. The fourth-order valence-electron chi connectivity index (χ4n) is 1.96. The van der Waals surface area contributed by atoms with Crippen molar-refractivity contribution in [3.05, 3.63) is 12.2 Å². The van der Waals surface area contributed by atoms with Crippen LogP contribution in [0.2, 0.25) is 0 Å². The van der Waals surface area contributed by atoms with Crippen LogP contribution in [0, 0.1) is 0 Å². The van der Waals surface area contributed by atoms with Crippen molar-refractivity contribution in [2.75, 3.05) is 6.54 Å². The Hall–Kier alpha value is -0.790. The highest BCUT2D eigenvalue weighted by atomic mass is 15.3. The number of nitrogens with zero attached hydrogens (tertiary/aromatic N) is 1. The minimum Gasteiger partial charge on any atom is -0.310 e. The lowest BCUT2D eigenvalue weighted by Crippen LogP contribution is -2.10. The summed E-state index contributed by atoms with van der Waals surface area (Å²) in [6, 6.07) is 0. The topological polar surface area (TPSA) is 24.4 Å². The molecule has 0 heterocycles. The molecular weight excluding hydrogens is 232 g/mol. The van der Waals surface area contributed by atoms with E-state index in [1.807, 2.05) is 13.8 Å². The SMILES string of the molecule is C=C(C)C(C)=NNCCCCCCCCCCCC. The molecule has 0 aliphatic heterocycles. The first-order valence-electron chi connectivity index (χ1n) is 8.11. The standard InChI is InChI=1S/C17H34N2/c1-5-6-7-8-9-10-11-12-13-14-15-18-19-17(4)16(2)3/h18H,2,5-15H2,1,3-4H3. The van der Waals surface area contributed by atoms with E-state index in [9.17, 15) is 0 Å². The minimum absolute atomic E-state index is 0.987. The summed E-state index contributed by atoms with van der Waals surface area (Å²) < 4.78 is 0. The van der Waals surface area contributed by atoms with Gasteiger partial charge in [0.25, 0.3) is 0 Å². The van der Waals surface area contributed by atoms with Crippen molar-refractivity contribution in [1.82, 2.24) is 5.43 Å². The van der Waals surface area contributed by atoms with Gasteiger partial charge < -0.3 is 5.43 Å². The zero-order chi connectivity index (χ0) is 14.3. The van der Waals surface area contributed by atoms with E-state index in [2.05, 4.69) is 24.0 Å². The van der Waals surface area contributed by atoms with Gasteiger partial charge in [-0.1, -0.05) is 71.3 Å². The van der Waals surface area contributed by atoms with Gasteiger partial charge in [0.2, 0.25) is 0 Å². The molecule has 112 valence electrons. The van der Waals surface area contributed by atoms with Crippen LogP contribution < -0.4 is 5.43 Å². The normalized spacial score (nSPS) is 11.6. The van der Waals surface area contributed by atoms with Crippen molar-refractivity contribution >= 4 is 5.71 Å².